The van der Waals surface area contributed by atoms with Crippen LogP contribution in [0.1, 0.15) is 11.3 Å². The summed E-state index contributed by atoms with van der Waals surface area (Å²) >= 11 is 1.68. The van der Waals surface area contributed by atoms with Crippen LogP contribution in [-0.4, -0.2) is 76.9 Å². The highest BCUT2D eigenvalue weighted by Crippen LogP contribution is 2.19. The Kier molecular flexibility index (Phi) is 5.82. The summed E-state index contributed by atoms with van der Waals surface area (Å²) < 4.78 is 0. The highest BCUT2D eigenvalue weighted by atomic mass is 32.1. The number of rotatable bonds is 5. The quantitative estimate of drug-likeness (QED) is 0.791. The number of thiophene rings is 1. The summed E-state index contributed by atoms with van der Waals surface area (Å²) in [6.45, 7) is 4.82. The summed E-state index contributed by atoms with van der Waals surface area (Å²) in [4.78, 5) is 41.1. The second kappa shape index (κ2) is 8.66. The molecule has 0 aliphatic carbocycles. The van der Waals surface area contributed by atoms with Gasteiger partial charge in [0, 0.05) is 63.1 Å². The molecular weight excluding hydrogens is 376 g/mol. The maximum absolute atomic E-state index is 12.9. The lowest BCUT2D eigenvalue weighted by Crippen LogP contribution is -2.57. The molecule has 2 aromatic heterocycles. The van der Waals surface area contributed by atoms with Crippen LogP contribution in [0.3, 0.4) is 0 Å². The standard InChI is InChI=1S/C19H24N6O2S/c26-18(24-9-7-23(8-10-24)17-13-20-3-4-21-17)12-16-19(27)22-5-6-25(16)14-15-2-1-11-28-15/h1-4,11,13,16H,5-10,12,14H2,(H,22,27). The van der Waals surface area contributed by atoms with Gasteiger partial charge < -0.3 is 15.1 Å². The maximum atomic E-state index is 12.9. The molecule has 2 aliphatic rings. The molecule has 1 unspecified atom stereocenters. The van der Waals surface area contributed by atoms with Crippen LogP contribution in [0.2, 0.25) is 0 Å². The number of aromatic nitrogens is 2. The molecule has 0 saturated carbocycles. The Morgan fingerprint density at radius 3 is 2.79 bits per heavy atom. The van der Waals surface area contributed by atoms with Gasteiger partial charge in [-0.05, 0) is 11.4 Å². The monoisotopic (exact) mass is 400 g/mol. The SMILES string of the molecule is O=C1NCCN(Cc2cccs2)C1CC(=O)N1CCN(c2cnccn2)CC1. The Labute approximate surface area is 168 Å². The lowest BCUT2D eigenvalue weighted by Gasteiger charge is -2.38. The molecule has 28 heavy (non-hydrogen) atoms. The van der Waals surface area contributed by atoms with Crippen LogP contribution in [0.4, 0.5) is 5.82 Å². The predicted octanol–water partition coefficient (Wildman–Crippen LogP) is 0.577. The number of nitrogens with one attached hydrogen (secondary N) is 1. The third kappa shape index (κ3) is 4.31. The molecule has 9 heteroatoms. The van der Waals surface area contributed by atoms with Crippen molar-refractivity contribution in [2.24, 2.45) is 0 Å². The van der Waals surface area contributed by atoms with Crippen LogP contribution in [0.5, 0.6) is 0 Å². The van der Waals surface area contributed by atoms with Crippen molar-refractivity contribution in [1.29, 1.82) is 0 Å². The van der Waals surface area contributed by atoms with Crippen LogP contribution in [0.25, 0.3) is 0 Å². The van der Waals surface area contributed by atoms with Crippen molar-refractivity contribution < 1.29 is 9.59 Å². The van der Waals surface area contributed by atoms with Crippen LogP contribution < -0.4 is 10.2 Å². The summed E-state index contributed by atoms with van der Waals surface area (Å²) in [6.07, 6.45) is 5.30. The fourth-order valence-corrected chi connectivity index (χ4v) is 4.44. The van der Waals surface area contributed by atoms with Crippen LogP contribution in [0, 0.1) is 0 Å². The molecular formula is C19H24N6O2S. The smallest absolute Gasteiger partial charge is 0.237 e. The van der Waals surface area contributed by atoms with Gasteiger partial charge >= 0.3 is 0 Å². The van der Waals surface area contributed by atoms with Crippen molar-refractivity contribution in [1.82, 2.24) is 25.1 Å². The minimum absolute atomic E-state index is 0.0389. The lowest BCUT2D eigenvalue weighted by atomic mass is 10.1. The summed E-state index contributed by atoms with van der Waals surface area (Å²) in [5, 5.41) is 4.94. The first kappa shape index (κ1) is 18.8. The highest BCUT2D eigenvalue weighted by Gasteiger charge is 2.33. The molecule has 8 nitrogen and oxygen atoms in total. The zero-order valence-corrected chi connectivity index (χ0v) is 16.5. The second-order valence-electron chi connectivity index (χ2n) is 6.99. The number of hydrogen-bond donors (Lipinski definition) is 1. The average Bonchev–Trinajstić information content (AvgIpc) is 3.24. The van der Waals surface area contributed by atoms with Gasteiger partial charge in [0.2, 0.25) is 11.8 Å². The number of nitrogens with zero attached hydrogens (tertiary/aromatic N) is 5. The summed E-state index contributed by atoms with van der Waals surface area (Å²) in [5.41, 5.74) is 0. The highest BCUT2D eigenvalue weighted by molar-refractivity contribution is 7.09. The number of anilines is 1. The normalized spacial score (nSPS) is 20.9. The third-order valence-electron chi connectivity index (χ3n) is 5.25. The molecule has 2 aromatic rings. The first-order chi connectivity index (χ1) is 13.7. The van der Waals surface area contributed by atoms with E-state index in [0.29, 0.717) is 26.2 Å². The van der Waals surface area contributed by atoms with E-state index in [1.807, 2.05) is 16.3 Å². The van der Waals surface area contributed by atoms with E-state index < -0.39 is 6.04 Å². The Bertz CT molecular complexity index is 792. The molecule has 2 fully saturated rings. The number of amides is 2. The zero-order valence-electron chi connectivity index (χ0n) is 15.7. The summed E-state index contributed by atoms with van der Waals surface area (Å²) in [5.74, 6) is 0.828. The minimum atomic E-state index is -0.402. The van der Waals surface area contributed by atoms with E-state index in [-0.39, 0.29) is 18.2 Å². The van der Waals surface area contributed by atoms with E-state index in [4.69, 9.17) is 0 Å². The molecule has 0 aromatic carbocycles. The van der Waals surface area contributed by atoms with Crippen molar-refractivity contribution in [2.45, 2.75) is 19.0 Å². The average molecular weight is 401 g/mol. The van der Waals surface area contributed by atoms with E-state index in [9.17, 15) is 9.59 Å². The van der Waals surface area contributed by atoms with Gasteiger partial charge in [-0.1, -0.05) is 6.07 Å². The number of piperazine rings is 2. The topological polar surface area (TPSA) is 81.7 Å². The Morgan fingerprint density at radius 2 is 2.07 bits per heavy atom. The van der Waals surface area contributed by atoms with Crippen LogP contribution in [0.15, 0.2) is 36.1 Å². The number of carbonyl (C=O) groups excluding carboxylic acids is 2. The van der Waals surface area contributed by atoms with Gasteiger partial charge in [-0.3, -0.25) is 19.5 Å². The molecule has 2 saturated heterocycles. The molecule has 4 heterocycles. The van der Waals surface area contributed by atoms with Crippen molar-refractivity contribution in [3.63, 3.8) is 0 Å². The Hall–Kier alpha value is -2.52. The molecule has 2 aliphatic heterocycles. The van der Waals surface area contributed by atoms with Crippen molar-refractivity contribution in [2.75, 3.05) is 44.2 Å². The molecule has 1 N–H and O–H groups in total. The zero-order chi connectivity index (χ0) is 19.3. The Morgan fingerprint density at radius 1 is 1.21 bits per heavy atom. The van der Waals surface area contributed by atoms with E-state index in [1.54, 1.807) is 29.9 Å². The third-order valence-corrected chi connectivity index (χ3v) is 6.12. The summed E-state index contributed by atoms with van der Waals surface area (Å²) in [6, 6.07) is 3.68. The number of hydrogen-bond acceptors (Lipinski definition) is 7. The fraction of sp³-hybridized carbons (Fsp3) is 0.474. The van der Waals surface area contributed by atoms with Gasteiger partial charge in [-0.2, -0.15) is 0 Å². The predicted molar refractivity (Wildman–Crippen MR) is 107 cm³/mol. The van der Waals surface area contributed by atoms with Gasteiger partial charge in [0.25, 0.3) is 0 Å². The van der Waals surface area contributed by atoms with Crippen molar-refractivity contribution in [3.8, 4) is 0 Å². The van der Waals surface area contributed by atoms with Crippen molar-refractivity contribution >= 4 is 29.0 Å². The molecule has 148 valence electrons. The maximum Gasteiger partial charge on any atom is 0.237 e. The molecule has 2 amide bonds. The summed E-state index contributed by atoms with van der Waals surface area (Å²) in [7, 11) is 0. The molecule has 1 atom stereocenters. The lowest BCUT2D eigenvalue weighted by molar-refractivity contribution is -0.139. The Balaban J connectivity index is 1.34. The first-order valence-electron chi connectivity index (χ1n) is 9.53. The minimum Gasteiger partial charge on any atom is -0.353 e. The van der Waals surface area contributed by atoms with Crippen LogP contribution >= 0.6 is 11.3 Å². The van der Waals surface area contributed by atoms with E-state index >= 15 is 0 Å². The molecule has 0 spiro atoms. The van der Waals surface area contributed by atoms with E-state index in [0.717, 1.165) is 25.5 Å². The van der Waals surface area contributed by atoms with Gasteiger partial charge in [0.05, 0.1) is 18.7 Å². The largest absolute Gasteiger partial charge is 0.353 e. The van der Waals surface area contributed by atoms with Gasteiger partial charge in [-0.25, -0.2) is 4.98 Å². The van der Waals surface area contributed by atoms with Gasteiger partial charge in [-0.15, -0.1) is 11.3 Å². The first-order valence-corrected chi connectivity index (χ1v) is 10.4. The molecule has 4 rings (SSSR count). The van der Waals surface area contributed by atoms with E-state index in [2.05, 4.69) is 31.2 Å². The van der Waals surface area contributed by atoms with Crippen LogP contribution in [-0.2, 0) is 16.1 Å². The van der Waals surface area contributed by atoms with Crippen molar-refractivity contribution in [3.05, 3.63) is 41.0 Å². The van der Waals surface area contributed by atoms with E-state index in [1.165, 1.54) is 4.88 Å². The van der Waals surface area contributed by atoms with Gasteiger partial charge in [0.15, 0.2) is 0 Å². The molecule has 0 radical (unpaired) electrons. The molecule has 0 bridgehead atoms. The fourth-order valence-electron chi connectivity index (χ4n) is 3.71. The van der Waals surface area contributed by atoms with Gasteiger partial charge in [0.1, 0.15) is 5.82 Å². The second-order valence-corrected chi connectivity index (χ2v) is 8.02. The number of carbonyl (C=O) groups is 2.